The summed E-state index contributed by atoms with van der Waals surface area (Å²) in [6.07, 6.45) is 2.06. The average Bonchev–Trinajstić information content (AvgIpc) is 2.43. The second kappa shape index (κ2) is 7.51. The molecule has 1 N–H and O–H groups in total. The Morgan fingerprint density at radius 2 is 2.00 bits per heavy atom. The molecule has 3 heteroatoms. The highest BCUT2D eigenvalue weighted by Gasteiger charge is 2.20. The molecule has 1 rings (SSSR count). The lowest BCUT2D eigenvalue weighted by molar-refractivity contribution is 0.0117. The van der Waals surface area contributed by atoms with Crippen molar-refractivity contribution in [2.24, 2.45) is 0 Å². The Bertz CT molecular complexity index is 377. The van der Waals surface area contributed by atoms with Crippen molar-refractivity contribution >= 4 is 0 Å². The van der Waals surface area contributed by atoms with Gasteiger partial charge in [-0.2, -0.15) is 0 Å². The van der Waals surface area contributed by atoms with E-state index in [1.54, 1.807) is 14.2 Å². The van der Waals surface area contributed by atoms with Crippen molar-refractivity contribution in [1.29, 1.82) is 0 Å². The van der Waals surface area contributed by atoms with E-state index in [4.69, 9.17) is 9.47 Å². The largest absolute Gasteiger partial charge is 0.497 e. The van der Waals surface area contributed by atoms with Crippen LogP contribution in [0.25, 0.3) is 0 Å². The van der Waals surface area contributed by atoms with E-state index in [0.717, 1.165) is 25.1 Å². The van der Waals surface area contributed by atoms with Crippen molar-refractivity contribution < 1.29 is 9.47 Å². The molecule has 0 bridgehead atoms. The Morgan fingerprint density at radius 3 is 2.58 bits per heavy atom. The maximum absolute atomic E-state index is 5.49. The fourth-order valence-electron chi connectivity index (χ4n) is 2.09. The summed E-state index contributed by atoms with van der Waals surface area (Å²) in [7, 11) is 3.48. The SMILES string of the molecule is CCNC(CCC(C)(C)OC)c1cccc(OC)c1. The minimum Gasteiger partial charge on any atom is -0.497 e. The van der Waals surface area contributed by atoms with Crippen molar-refractivity contribution in [3.63, 3.8) is 0 Å². The summed E-state index contributed by atoms with van der Waals surface area (Å²) >= 11 is 0. The zero-order valence-electron chi connectivity index (χ0n) is 12.8. The average molecular weight is 265 g/mol. The lowest BCUT2D eigenvalue weighted by atomic mass is 9.94. The fourth-order valence-corrected chi connectivity index (χ4v) is 2.09. The Labute approximate surface area is 117 Å². The lowest BCUT2D eigenvalue weighted by Crippen LogP contribution is -2.27. The second-order valence-corrected chi connectivity index (χ2v) is 5.39. The van der Waals surface area contributed by atoms with E-state index in [1.807, 2.05) is 12.1 Å². The van der Waals surface area contributed by atoms with Crippen LogP contribution in [0, 0.1) is 0 Å². The minimum absolute atomic E-state index is 0.0768. The first-order valence-corrected chi connectivity index (χ1v) is 6.95. The minimum atomic E-state index is -0.0768. The van der Waals surface area contributed by atoms with Gasteiger partial charge >= 0.3 is 0 Å². The second-order valence-electron chi connectivity index (χ2n) is 5.39. The van der Waals surface area contributed by atoms with Gasteiger partial charge in [-0.1, -0.05) is 19.1 Å². The van der Waals surface area contributed by atoms with Crippen molar-refractivity contribution in [3.8, 4) is 5.75 Å². The molecule has 0 aliphatic rings. The predicted molar refractivity (Wildman–Crippen MR) is 79.7 cm³/mol. The molecule has 108 valence electrons. The van der Waals surface area contributed by atoms with Crippen LogP contribution in [0.3, 0.4) is 0 Å². The Balaban J connectivity index is 2.75. The van der Waals surface area contributed by atoms with Gasteiger partial charge < -0.3 is 14.8 Å². The third kappa shape index (κ3) is 5.21. The quantitative estimate of drug-likeness (QED) is 0.779. The molecule has 0 saturated heterocycles. The van der Waals surface area contributed by atoms with Gasteiger partial charge in [-0.05, 0) is 50.9 Å². The van der Waals surface area contributed by atoms with Crippen LogP contribution < -0.4 is 10.1 Å². The molecule has 1 aromatic carbocycles. The van der Waals surface area contributed by atoms with Crippen LogP contribution in [-0.4, -0.2) is 26.4 Å². The summed E-state index contributed by atoms with van der Waals surface area (Å²) in [5.74, 6) is 0.909. The van der Waals surface area contributed by atoms with Crippen LogP contribution in [0.15, 0.2) is 24.3 Å². The highest BCUT2D eigenvalue weighted by Crippen LogP contribution is 2.26. The van der Waals surface area contributed by atoms with E-state index >= 15 is 0 Å². The zero-order chi connectivity index (χ0) is 14.3. The van der Waals surface area contributed by atoms with Crippen molar-refractivity contribution in [1.82, 2.24) is 5.32 Å². The van der Waals surface area contributed by atoms with Crippen molar-refractivity contribution in [2.75, 3.05) is 20.8 Å². The van der Waals surface area contributed by atoms with E-state index < -0.39 is 0 Å². The molecule has 0 fully saturated rings. The van der Waals surface area contributed by atoms with E-state index in [2.05, 4.69) is 38.2 Å². The van der Waals surface area contributed by atoms with Crippen LogP contribution >= 0.6 is 0 Å². The van der Waals surface area contributed by atoms with E-state index in [0.29, 0.717) is 6.04 Å². The predicted octanol–water partition coefficient (Wildman–Crippen LogP) is 3.55. The molecule has 0 saturated carbocycles. The first-order chi connectivity index (χ1) is 9.02. The fraction of sp³-hybridized carbons (Fsp3) is 0.625. The molecule has 0 radical (unpaired) electrons. The first-order valence-electron chi connectivity index (χ1n) is 6.95. The van der Waals surface area contributed by atoms with Gasteiger partial charge in [-0.3, -0.25) is 0 Å². The molecule has 0 heterocycles. The molecule has 0 amide bonds. The van der Waals surface area contributed by atoms with Gasteiger partial charge in [0.05, 0.1) is 12.7 Å². The molecule has 19 heavy (non-hydrogen) atoms. The van der Waals surface area contributed by atoms with Gasteiger partial charge in [0.25, 0.3) is 0 Å². The molecule has 1 aromatic rings. The molecule has 3 nitrogen and oxygen atoms in total. The number of ether oxygens (including phenoxy) is 2. The van der Waals surface area contributed by atoms with Gasteiger partial charge in [-0.25, -0.2) is 0 Å². The summed E-state index contributed by atoms with van der Waals surface area (Å²) in [5.41, 5.74) is 1.19. The molecule has 0 spiro atoms. The van der Waals surface area contributed by atoms with Crippen LogP contribution in [0.5, 0.6) is 5.75 Å². The Kier molecular flexibility index (Phi) is 6.32. The molecule has 0 aliphatic carbocycles. The summed E-state index contributed by atoms with van der Waals surface area (Å²) in [6.45, 7) is 7.34. The summed E-state index contributed by atoms with van der Waals surface area (Å²) in [6, 6.07) is 8.61. The van der Waals surface area contributed by atoms with Crippen molar-refractivity contribution in [2.45, 2.75) is 45.3 Å². The van der Waals surface area contributed by atoms with E-state index in [-0.39, 0.29) is 5.60 Å². The van der Waals surface area contributed by atoms with Gasteiger partial charge in [0.1, 0.15) is 5.75 Å². The number of nitrogens with one attached hydrogen (secondary N) is 1. The molecular formula is C16H27NO2. The lowest BCUT2D eigenvalue weighted by Gasteiger charge is -2.26. The smallest absolute Gasteiger partial charge is 0.119 e. The number of hydrogen-bond acceptors (Lipinski definition) is 3. The molecule has 0 aromatic heterocycles. The normalized spacial score (nSPS) is 13.3. The Morgan fingerprint density at radius 1 is 1.26 bits per heavy atom. The number of rotatable bonds is 8. The van der Waals surface area contributed by atoms with Crippen LogP contribution in [0.4, 0.5) is 0 Å². The molecular weight excluding hydrogens is 238 g/mol. The molecule has 1 unspecified atom stereocenters. The van der Waals surface area contributed by atoms with Gasteiger partial charge in [0, 0.05) is 13.2 Å². The zero-order valence-corrected chi connectivity index (χ0v) is 12.8. The highest BCUT2D eigenvalue weighted by molar-refractivity contribution is 5.30. The van der Waals surface area contributed by atoms with Crippen LogP contribution in [0.2, 0.25) is 0 Å². The first kappa shape index (κ1) is 16.0. The van der Waals surface area contributed by atoms with Crippen LogP contribution in [0.1, 0.15) is 45.2 Å². The van der Waals surface area contributed by atoms with Gasteiger partial charge in [-0.15, -0.1) is 0 Å². The van der Waals surface area contributed by atoms with E-state index in [9.17, 15) is 0 Å². The number of benzene rings is 1. The monoisotopic (exact) mass is 265 g/mol. The number of hydrogen-bond donors (Lipinski definition) is 1. The third-order valence-electron chi connectivity index (χ3n) is 3.53. The summed E-state index contributed by atoms with van der Waals surface area (Å²) < 4.78 is 10.8. The summed E-state index contributed by atoms with van der Waals surface area (Å²) in [5, 5.41) is 3.54. The maximum Gasteiger partial charge on any atom is 0.119 e. The maximum atomic E-state index is 5.49. The Hall–Kier alpha value is -1.06. The van der Waals surface area contributed by atoms with Gasteiger partial charge in [0.15, 0.2) is 0 Å². The van der Waals surface area contributed by atoms with Crippen molar-refractivity contribution in [3.05, 3.63) is 29.8 Å². The van der Waals surface area contributed by atoms with E-state index in [1.165, 1.54) is 5.56 Å². The van der Waals surface area contributed by atoms with Gasteiger partial charge in [0.2, 0.25) is 0 Å². The van der Waals surface area contributed by atoms with Crippen LogP contribution in [-0.2, 0) is 4.74 Å². The third-order valence-corrected chi connectivity index (χ3v) is 3.53. The standard InChI is InChI=1S/C16H27NO2/c1-6-17-15(10-11-16(2,3)19-5)13-8-7-9-14(12-13)18-4/h7-9,12,15,17H,6,10-11H2,1-5H3. The highest BCUT2D eigenvalue weighted by atomic mass is 16.5. The summed E-state index contributed by atoms with van der Waals surface area (Å²) in [4.78, 5) is 0. The number of methoxy groups -OCH3 is 2. The molecule has 0 aliphatic heterocycles. The molecule has 1 atom stereocenters. The topological polar surface area (TPSA) is 30.5 Å².